The second-order valence-corrected chi connectivity index (χ2v) is 7.00. The standard InChI is InChI=1S/C20H14N4O5S/c1-28-14-7-9-16-17(11-14)30-20(22-16)23(19(25)13-5-3-2-4-6-13)21-12-15-8-10-18(29-15)24(26)27/h2-12H,1H3. The van der Waals surface area contributed by atoms with Crippen LogP contribution in [0.2, 0.25) is 0 Å². The third kappa shape index (κ3) is 3.89. The van der Waals surface area contributed by atoms with E-state index in [0.29, 0.717) is 22.0 Å². The SMILES string of the molecule is COc1ccc2nc(N(N=Cc3ccc([N+](=O)[O-])o3)C(=O)c3ccccc3)sc2c1. The van der Waals surface area contributed by atoms with Crippen LogP contribution in [0, 0.1) is 10.1 Å². The van der Waals surface area contributed by atoms with Crippen LogP contribution >= 0.6 is 11.3 Å². The first-order valence-electron chi connectivity index (χ1n) is 8.67. The van der Waals surface area contributed by atoms with E-state index in [4.69, 9.17) is 9.15 Å². The number of nitro groups is 1. The van der Waals surface area contributed by atoms with E-state index >= 15 is 0 Å². The topological polar surface area (TPSA) is 111 Å². The molecule has 4 rings (SSSR count). The normalized spacial score (nSPS) is 11.1. The first-order chi connectivity index (χ1) is 14.5. The van der Waals surface area contributed by atoms with Crippen molar-refractivity contribution in [3.8, 4) is 5.75 Å². The highest BCUT2D eigenvalue weighted by atomic mass is 32.1. The molecule has 0 saturated carbocycles. The number of rotatable bonds is 6. The van der Waals surface area contributed by atoms with Crippen LogP contribution in [0.4, 0.5) is 11.0 Å². The van der Waals surface area contributed by atoms with E-state index in [1.54, 1.807) is 49.6 Å². The Morgan fingerprint density at radius 1 is 1.23 bits per heavy atom. The Hall–Kier alpha value is -4.05. The van der Waals surface area contributed by atoms with Gasteiger partial charge in [0.2, 0.25) is 5.13 Å². The van der Waals surface area contributed by atoms with E-state index in [2.05, 4.69) is 10.1 Å². The molecule has 1 amide bonds. The van der Waals surface area contributed by atoms with Gasteiger partial charge in [0.15, 0.2) is 5.76 Å². The van der Waals surface area contributed by atoms with E-state index in [1.165, 1.54) is 29.7 Å². The number of furan rings is 1. The molecule has 2 aromatic heterocycles. The van der Waals surface area contributed by atoms with Crippen LogP contribution < -0.4 is 9.75 Å². The fraction of sp³-hybridized carbons (Fsp3) is 0.0500. The molecule has 9 nitrogen and oxygen atoms in total. The van der Waals surface area contributed by atoms with Crippen molar-refractivity contribution in [3.63, 3.8) is 0 Å². The number of hydrogen-bond donors (Lipinski definition) is 0. The summed E-state index contributed by atoms with van der Waals surface area (Å²) in [7, 11) is 1.57. The van der Waals surface area contributed by atoms with Crippen molar-refractivity contribution in [1.29, 1.82) is 0 Å². The largest absolute Gasteiger partial charge is 0.497 e. The molecule has 0 atom stereocenters. The summed E-state index contributed by atoms with van der Waals surface area (Å²) < 4.78 is 11.1. The van der Waals surface area contributed by atoms with Gasteiger partial charge >= 0.3 is 5.88 Å². The highest BCUT2D eigenvalue weighted by molar-refractivity contribution is 7.22. The smallest absolute Gasteiger partial charge is 0.433 e. The highest BCUT2D eigenvalue weighted by Gasteiger charge is 2.21. The maximum absolute atomic E-state index is 13.1. The Kier molecular flexibility index (Phi) is 5.22. The number of amides is 1. The minimum atomic E-state index is -0.648. The average molecular weight is 422 g/mol. The van der Waals surface area contributed by atoms with E-state index < -0.39 is 16.7 Å². The minimum Gasteiger partial charge on any atom is -0.497 e. The number of anilines is 1. The van der Waals surface area contributed by atoms with Crippen molar-refractivity contribution in [2.75, 3.05) is 12.1 Å². The Morgan fingerprint density at radius 3 is 2.73 bits per heavy atom. The van der Waals surface area contributed by atoms with Gasteiger partial charge in [0.25, 0.3) is 5.91 Å². The average Bonchev–Trinajstić information content (AvgIpc) is 3.41. The number of methoxy groups -OCH3 is 1. The number of aromatic nitrogens is 1. The number of nitrogens with zero attached hydrogens (tertiary/aromatic N) is 4. The number of ether oxygens (including phenoxy) is 1. The molecule has 150 valence electrons. The lowest BCUT2D eigenvalue weighted by Gasteiger charge is -2.13. The molecule has 0 radical (unpaired) electrons. The monoisotopic (exact) mass is 422 g/mol. The Morgan fingerprint density at radius 2 is 2.03 bits per heavy atom. The van der Waals surface area contributed by atoms with E-state index in [1.807, 2.05) is 6.07 Å². The molecule has 0 bridgehead atoms. The van der Waals surface area contributed by atoms with E-state index in [0.717, 1.165) is 9.71 Å². The van der Waals surface area contributed by atoms with Gasteiger partial charge in [0.1, 0.15) is 10.7 Å². The van der Waals surface area contributed by atoms with Crippen molar-refractivity contribution in [2.24, 2.45) is 5.10 Å². The summed E-state index contributed by atoms with van der Waals surface area (Å²) in [6.45, 7) is 0. The fourth-order valence-electron chi connectivity index (χ4n) is 2.63. The summed E-state index contributed by atoms with van der Waals surface area (Å²) in [6.07, 6.45) is 1.24. The summed E-state index contributed by atoms with van der Waals surface area (Å²) in [4.78, 5) is 27.7. The Labute approximate surface area is 174 Å². The molecule has 0 N–H and O–H groups in total. The van der Waals surface area contributed by atoms with Gasteiger partial charge in [-0.1, -0.05) is 29.5 Å². The van der Waals surface area contributed by atoms with E-state index in [9.17, 15) is 14.9 Å². The van der Waals surface area contributed by atoms with Crippen LogP contribution in [0.25, 0.3) is 10.2 Å². The van der Waals surface area contributed by atoms with Crippen molar-refractivity contribution in [3.05, 3.63) is 82.1 Å². The van der Waals surface area contributed by atoms with Gasteiger partial charge in [0.05, 0.1) is 29.6 Å². The zero-order valence-corrected chi connectivity index (χ0v) is 16.4. The second kappa shape index (κ2) is 8.13. The Bertz CT molecular complexity index is 1250. The van der Waals surface area contributed by atoms with Crippen LogP contribution in [0.5, 0.6) is 5.75 Å². The van der Waals surface area contributed by atoms with Crippen molar-refractivity contribution < 1.29 is 18.9 Å². The highest BCUT2D eigenvalue weighted by Crippen LogP contribution is 2.32. The summed E-state index contributed by atoms with van der Waals surface area (Å²) in [5, 5.41) is 16.5. The van der Waals surface area contributed by atoms with Crippen LogP contribution in [0.1, 0.15) is 16.1 Å². The predicted molar refractivity (Wildman–Crippen MR) is 112 cm³/mol. The maximum Gasteiger partial charge on any atom is 0.433 e. The third-order valence-electron chi connectivity index (χ3n) is 4.07. The van der Waals surface area contributed by atoms with Crippen LogP contribution in [-0.2, 0) is 0 Å². The molecule has 4 aromatic rings. The lowest BCUT2D eigenvalue weighted by Crippen LogP contribution is -2.25. The third-order valence-corrected chi connectivity index (χ3v) is 5.07. The number of hydrazone groups is 1. The van der Waals surface area contributed by atoms with Gasteiger partial charge in [-0.15, -0.1) is 0 Å². The molecule has 0 aliphatic heterocycles. The second-order valence-electron chi connectivity index (χ2n) is 5.99. The van der Waals surface area contributed by atoms with Gasteiger partial charge in [0, 0.05) is 5.56 Å². The number of benzene rings is 2. The van der Waals surface area contributed by atoms with Crippen LogP contribution in [0.15, 0.2) is 70.2 Å². The van der Waals surface area contributed by atoms with Crippen molar-refractivity contribution in [1.82, 2.24) is 4.98 Å². The van der Waals surface area contributed by atoms with Gasteiger partial charge in [-0.2, -0.15) is 10.1 Å². The molecular weight excluding hydrogens is 408 g/mol. The van der Waals surface area contributed by atoms with Crippen molar-refractivity contribution in [2.45, 2.75) is 0 Å². The van der Waals surface area contributed by atoms with Crippen LogP contribution in [-0.4, -0.2) is 29.1 Å². The number of hydrogen-bond acceptors (Lipinski definition) is 8. The molecule has 2 aromatic carbocycles. The zero-order chi connectivity index (χ0) is 21.1. The predicted octanol–water partition coefficient (Wildman–Crippen LogP) is 4.49. The molecule has 10 heteroatoms. The number of carbonyl (C=O) groups excluding carboxylic acids is 1. The van der Waals surface area contributed by atoms with Crippen LogP contribution in [0.3, 0.4) is 0 Å². The summed E-state index contributed by atoms with van der Waals surface area (Å²) in [6, 6.07) is 16.6. The molecule has 2 heterocycles. The molecular formula is C20H14N4O5S. The zero-order valence-electron chi connectivity index (χ0n) is 15.6. The summed E-state index contributed by atoms with van der Waals surface area (Å²) in [5.41, 5.74) is 1.10. The van der Waals surface area contributed by atoms with Gasteiger partial charge < -0.3 is 9.15 Å². The lowest BCUT2D eigenvalue weighted by molar-refractivity contribution is -0.402. The number of thiazole rings is 1. The molecule has 30 heavy (non-hydrogen) atoms. The van der Waals surface area contributed by atoms with Crippen molar-refractivity contribution >= 4 is 44.7 Å². The van der Waals surface area contributed by atoms with Gasteiger partial charge in [-0.3, -0.25) is 14.9 Å². The molecule has 0 aliphatic carbocycles. The fourth-order valence-corrected chi connectivity index (χ4v) is 3.58. The Balaban J connectivity index is 1.74. The molecule has 0 spiro atoms. The molecule has 0 fully saturated rings. The molecule has 0 unspecified atom stereocenters. The number of carbonyl (C=O) groups is 1. The first-order valence-corrected chi connectivity index (χ1v) is 9.49. The first kappa shape index (κ1) is 19.3. The molecule has 0 saturated heterocycles. The maximum atomic E-state index is 13.1. The van der Waals surface area contributed by atoms with Gasteiger partial charge in [-0.25, -0.2) is 4.98 Å². The summed E-state index contributed by atoms with van der Waals surface area (Å²) in [5.74, 6) is -0.0104. The van der Waals surface area contributed by atoms with Gasteiger partial charge in [-0.05, 0) is 36.4 Å². The minimum absolute atomic E-state index is 0.135. The molecule has 0 aliphatic rings. The van der Waals surface area contributed by atoms with E-state index in [-0.39, 0.29) is 5.76 Å². The number of fused-ring (bicyclic) bond motifs is 1. The lowest BCUT2D eigenvalue weighted by atomic mass is 10.2. The summed E-state index contributed by atoms with van der Waals surface area (Å²) >= 11 is 1.26. The quantitative estimate of drug-likeness (QED) is 0.257.